The molecule has 0 radical (unpaired) electrons. The van der Waals surface area contributed by atoms with Crippen LogP contribution in [0.3, 0.4) is 0 Å². The predicted octanol–water partition coefficient (Wildman–Crippen LogP) is 3.47. The van der Waals surface area contributed by atoms with Gasteiger partial charge < -0.3 is 15.1 Å². The van der Waals surface area contributed by atoms with Crippen molar-refractivity contribution in [2.75, 3.05) is 7.05 Å². The second kappa shape index (κ2) is 10.2. The molecule has 0 fully saturated rings. The number of nitrogens with zero attached hydrogens (tertiary/aromatic N) is 5. The third-order valence-electron chi connectivity index (χ3n) is 4.72. The van der Waals surface area contributed by atoms with Gasteiger partial charge in [-0.1, -0.05) is 39.2 Å². The zero-order valence-corrected chi connectivity index (χ0v) is 17.1. The highest BCUT2D eigenvalue weighted by atomic mass is 32.1. The van der Waals surface area contributed by atoms with Gasteiger partial charge in [0.05, 0.1) is 0 Å². The summed E-state index contributed by atoms with van der Waals surface area (Å²) < 4.78 is 0. The van der Waals surface area contributed by atoms with Gasteiger partial charge in [0.25, 0.3) is 0 Å². The lowest BCUT2D eigenvalue weighted by Crippen LogP contribution is -2.47. The van der Waals surface area contributed by atoms with Crippen molar-refractivity contribution in [3.63, 3.8) is 0 Å². The molecule has 0 saturated carbocycles. The number of carbonyl (C=O) groups excluding carboxylic acids is 1. The SMILES string of the molecule is CC[C@H](C)[C@H](N=[N+]=[N-])C(=O)N(C)[C@H](C[C@@H](O)c1nc(C(=O)O)cs1)C(C)C. The molecule has 10 heteroatoms. The number of carbonyl (C=O) groups is 2. The number of rotatable bonds is 10. The van der Waals surface area contributed by atoms with Gasteiger partial charge in [0, 0.05) is 29.8 Å². The number of likely N-dealkylation sites (N-methyl/N-ethyl adjacent to an activating group) is 1. The Labute approximate surface area is 162 Å². The highest BCUT2D eigenvalue weighted by Gasteiger charge is 2.32. The molecule has 2 N–H and O–H groups in total. The van der Waals surface area contributed by atoms with Gasteiger partial charge in [-0.3, -0.25) is 4.79 Å². The molecule has 4 atom stereocenters. The van der Waals surface area contributed by atoms with E-state index < -0.39 is 18.1 Å². The smallest absolute Gasteiger partial charge is 0.355 e. The number of aliphatic hydroxyl groups excluding tert-OH is 1. The number of aromatic carboxylic acids is 1. The van der Waals surface area contributed by atoms with E-state index >= 15 is 0 Å². The first-order valence-corrected chi connectivity index (χ1v) is 9.69. The Morgan fingerprint density at radius 1 is 1.41 bits per heavy atom. The van der Waals surface area contributed by atoms with E-state index in [0.29, 0.717) is 11.4 Å². The molecule has 0 aromatic carbocycles. The Morgan fingerprint density at radius 2 is 2.04 bits per heavy atom. The van der Waals surface area contributed by atoms with Gasteiger partial charge in [0.1, 0.15) is 17.2 Å². The Bertz CT molecular complexity index is 701. The molecule has 150 valence electrons. The standard InChI is InChI=1S/C17H27N5O4S/c1-6-10(4)14(20-21-18)16(24)22(5)12(9(2)3)7-13(23)15-19-11(8-27-15)17(25)26/h8-10,12-14,23H,6-7H2,1-5H3,(H,25,26)/t10-,12+,13+,14-/m0/s1. The van der Waals surface area contributed by atoms with Crippen molar-refractivity contribution in [3.8, 4) is 0 Å². The summed E-state index contributed by atoms with van der Waals surface area (Å²) in [5, 5.41) is 24.8. The quantitative estimate of drug-likeness (QED) is 0.353. The molecule has 1 aromatic rings. The Kier molecular flexibility index (Phi) is 8.68. The van der Waals surface area contributed by atoms with Crippen LogP contribution in [0.2, 0.25) is 0 Å². The molecule has 1 aromatic heterocycles. The molecule has 1 rings (SSSR count). The summed E-state index contributed by atoms with van der Waals surface area (Å²) in [7, 11) is 1.63. The van der Waals surface area contributed by atoms with Crippen LogP contribution in [0.15, 0.2) is 10.5 Å². The van der Waals surface area contributed by atoms with E-state index in [1.165, 1.54) is 10.3 Å². The fourth-order valence-corrected chi connectivity index (χ4v) is 3.59. The van der Waals surface area contributed by atoms with Crippen LogP contribution < -0.4 is 0 Å². The number of hydrogen-bond donors (Lipinski definition) is 2. The molecule has 0 unspecified atom stereocenters. The lowest BCUT2D eigenvalue weighted by atomic mass is 9.93. The summed E-state index contributed by atoms with van der Waals surface area (Å²) >= 11 is 1.07. The van der Waals surface area contributed by atoms with Gasteiger partial charge in [0.2, 0.25) is 5.91 Å². The number of hydrogen-bond acceptors (Lipinski definition) is 6. The number of thiazole rings is 1. The zero-order valence-electron chi connectivity index (χ0n) is 16.2. The molecule has 1 heterocycles. The van der Waals surface area contributed by atoms with Crippen molar-refractivity contribution in [2.24, 2.45) is 17.0 Å². The molecule has 27 heavy (non-hydrogen) atoms. The molecule has 0 saturated heterocycles. The van der Waals surface area contributed by atoms with Crippen LogP contribution in [0.5, 0.6) is 0 Å². The van der Waals surface area contributed by atoms with Crippen LogP contribution in [0, 0.1) is 11.8 Å². The minimum absolute atomic E-state index is 0.0242. The Hall–Kier alpha value is -2.16. The van der Waals surface area contributed by atoms with Gasteiger partial charge in [-0.15, -0.1) is 11.3 Å². The maximum absolute atomic E-state index is 12.9. The van der Waals surface area contributed by atoms with Crippen molar-refractivity contribution in [1.29, 1.82) is 0 Å². The third kappa shape index (κ3) is 5.92. The van der Waals surface area contributed by atoms with E-state index in [4.69, 9.17) is 10.6 Å². The fourth-order valence-electron chi connectivity index (χ4n) is 2.80. The van der Waals surface area contributed by atoms with E-state index in [0.717, 1.165) is 11.3 Å². The highest BCUT2D eigenvalue weighted by molar-refractivity contribution is 7.09. The van der Waals surface area contributed by atoms with E-state index in [1.54, 1.807) is 7.05 Å². The largest absolute Gasteiger partial charge is 0.476 e. The van der Waals surface area contributed by atoms with Gasteiger partial charge in [-0.25, -0.2) is 9.78 Å². The van der Waals surface area contributed by atoms with Crippen LogP contribution in [-0.2, 0) is 4.79 Å². The monoisotopic (exact) mass is 397 g/mol. The number of aromatic nitrogens is 1. The van der Waals surface area contributed by atoms with Crippen molar-refractivity contribution in [1.82, 2.24) is 9.88 Å². The Balaban J connectivity index is 2.99. The van der Waals surface area contributed by atoms with Gasteiger partial charge in [-0.2, -0.15) is 0 Å². The van der Waals surface area contributed by atoms with E-state index in [2.05, 4.69) is 15.0 Å². The number of carboxylic acids is 1. The van der Waals surface area contributed by atoms with E-state index in [-0.39, 0.29) is 35.9 Å². The summed E-state index contributed by atoms with van der Waals surface area (Å²) in [6.07, 6.45) is -0.0991. The highest BCUT2D eigenvalue weighted by Crippen LogP contribution is 2.28. The van der Waals surface area contributed by atoms with Crippen molar-refractivity contribution in [3.05, 3.63) is 26.5 Å². The minimum atomic E-state index is -1.15. The first kappa shape index (κ1) is 22.9. The summed E-state index contributed by atoms with van der Waals surface area (Å²) in [4.78, 5) is 32.1. The van der Waals surface area contributed by atoms with Gasteiger partial charge in [-0.05, 0) is 17.4 Å². The topological polar surface area (TPSA) is 139 Å². The van der Waals surface area contributed by atoms with E-state index in [1.807, 2.05) is 27.7 Å². The first-order valence-electron chi connectivity index (χ1n) is 8.81. The minimum Gasteiger partial charge on any atom is -0.476 e. The van der Waals surface area contributed by atoms with E-state index in [9.17, 15) is 14.7 Å². The molecular weight excluding hydrogens is 370 g/mol. The fraction of sp³-hybridized carbons (Fsp3) is 0.706. The van der Waals surface area contributed by atoms with Crippen LogP contribution >= 0.6 is 11.3 Å². The zero-order chi connectivity index (χ0) is 20.7. The summed E-state index contributed by atoms with van der Waals surface area (Å²) in [5.74, 6) is -1.52. The summed E-state index contributed by atoms with van der Waals surface area (Å²) in [5.41, 5.74) is 8.68. The van der Waals surface area contributed by atoms with Gasteiger partial charge in [0.15, 0.2) is 5.69 Å². The maximum atomic E-state index is 12.9. The van der Waals surface area contributed by atoms with Crippen LogP contribution in [0.4, 0.5) is 0 Å². The average molecular weight is 398 g/mol. The lowest BCUT2D eigenvalue weighted by Gasteiger charge is -2.35. The van der Waals surface area contributed by atoms with Gasteiger partial charge >= 0.3 is 5.97 Å². The van der Waals surface area contributed by atoms with Crippen molar-refractivity contribution >= 4 is 23.2 Å². The lowest BCUT2D eigenvalue weighted by molar-refractivity contribution is -0.136. The van der Waals surface area contributed by atoms with Crippen molar-refractivity contribution in [2.45, 2.75) is 58.7 Å². The number of aliphatic hydroxyl groups is 1. The maximum Gasteiger partial charge on any atom is 0.355 e. The molecule has 1 amide bonds. The van der Waals surface area contributed by atoms with Crippen molar-refractivity contribution < 1.29 is 19.8 Å². The van der Waals surface area contributed by atoms with Crippen LogP contribution in [0.25, 0.3) is 10.4 Å². The average Bonchev–Trinajstić information content (AvgIpc) is 3.12. The molecule has 0 spiro atoms. The number of amides is 1. The number of azide groups is 1. The second-order valence-corrected chi connectivity index (χ2v) is 7.81. The Morgan fingerprint density at radius 3 is 2.48 bits per heavy atom. The normalized spacial score (nSPS) is 15.5. The number of carboxylic acid groups (broad SMARTS) is 1. The molecule has 9 nitrogen and oxygen atoms in total. The summed E-state index contributed by atoms with van der Waals surface area (Å²) in [6, 6.07) is -1.13. The van der Waals surface area contributed by atoms with Crippen LogP contribution in [-0.4, -0.2) is 51.1 Å². The molecule has 0 aliphatic carbocycles. The molecule has 0 aliphatic rings. The predicted molar refractivity (Wildman–Crippen MR) is 102 cm³/mol. The summed E-state index contributed by atoms with van der Waals surface area (Å²) in [6.45, 7) is 7.63. The first-order chi connectivity index (χ1) is 12.6. The second-order valence-electron chi connectivity index (χ2n) is 6.92. The van der Waals surface area contributed by atoms with Crippen LogP contribution in [0.1, 0.15) is 62.1 Å². The third-order valence-corrected chi connectivity index (χ3v) is 5.66. The molecular formula is C17H27N5O4S. The molecule has 0 bridgehead atoms. The molecule has 0 aliphatic heterocycles.